The lowest BCUT2D eigenvalue weighted by atomic mass is 10.1. The van der Waals surface area contributed by atoms with Crippen LogP contribution < -0.4 is 10.7 Å². The van der Waals surface area contributed by atoms with Crippen molar-refractivity contribution in [3.8, 4) is 0 Å². The smallest absolute Gasteiger partial charge is 0.426 e. The highest BCUT2D eigenvalue weighted by Gasteiger charge is 2.23. The maximum absolute atomic E-state index is 12.5. The Kier molecular flexibility index (Phi) is 9.35. The molecule has 0 bridgehead atoms. The lowest BCUT2D eigenvalue weighted by Crippen LogP contribution is -2.52. The first-order chi connectivity index (χ1) is 13.9. The number of aromatic nitrogens is 1. The molecule has 1 atom stereocenters. The molecule has 0 aliphatic rings. The van der Waals surface area contributed by atoms with Gasteiger partial charge in [-0.25, -0.2) is 20.0 Å². The predicted octanol–water partition coefficient (Wildman–Crippen LogP) is 3.75. The Morgan fingerprint density at radius 2 is 1.77 bits per heavy atom. The summed E-state index contributed by atoms with van der Waals surface area (Å²) in [5, 5.41) is 4.09. The zero-order valence-electron chi connectivity index (χ0n) is 18.7. The summed E-state index contributed by atoms with van der Waals surface area (Å²) in [6.45, 7) is 13.8. The van der Waals surface area contributed by atoms with Gasteiger partial charge in [0.25, 0.3) is 5.91 Å². The Bertz CT molecular complexity index is 762. The molecule has 1 rings (SSSR count). The van der Waals surface area contributed by atoms with E-state index in [1.54, 1.807) is 45.6 Å². The highest BCUT2D eigenvalue weighted by atomic mass is 35.5. The molecule has 10 heteroatoms. The molecule has 0 saturated carbocycles. The summed E-state index contributed by atoms with van der Waals surface area (Å²) < 4.78 is 5.16. The van der Waals surface area contributed by atoms with Crippen molar-refractivity contribution >= 4 is 29.6 Å². The number of carbonyl (C=O) groups is 3. The minimum Gasteiger partial charge on any atom is -0.443 e. The molecule has 0 aromatic carbocycles. The first kappa shape index (κ1) is 25.5. The van der Waals surface area contributed by atoms with Crippen LogP contribution in [0, 0.1) is 0 Å². The Balaban J connectivity index is 2.85. The van der Waals surface area contributed by atoms with Crippen molar-refractivity contribution in [1.82, 2.24) is 25.6 Å². The summed E-state index contributed by atoms with van der Waals surface area (Å²) in [4.78, 5) is 42.8. The van der Waals surface area contributed by atoms with Gasteiger partial charge in [-0.05, 0) is 54.5 Å². The normalized spacial score (nSPS) is 12.0. The molecule has 0 unspecified atom stereocenters. The number of carbonyl (C=O) groups excluding carboxylic acids is 3. The van der Waals surface area contributed by atoms with Gasteiger partial charge >= 0.3 is 12.1 Å². The van der Waals surface area contributed by atoms with Crippen molar-refractivity contribution in [2.45, 2.75) is 60.1 Å². The maximum Gasteiger partial charge on any atom is 0.426 e. The number of rotatable bonds is 6. The van der Waals surface area contributed by atoms with E-state index < -0.39 is 23.8 Å². The molecular formula is C20H32ClN5O4. The number of nitrogens with zero attached hydrogens (tertiary/aromatic N) is 3. The van der Waals surface area contributed by atoms with Gasteiger partial charge in [-0.2, -0.15) is 0 Å². The Morgan fingerprint density at radius 1 is 1.17 bits per heavy atom. The lowest BCUT2D eigenvalue weighted by Gasteiger charge is -2.26. The molecule has 2 N–H and O–H groups in total. The van der Waals surface area contributed by atoms with Crippen molar-refractivity contribution in [2.24, 2.45) is 0 Å². The van der Waals surface area contributed by atoms with Gasteiger partial charge in [0.05, 0.1) is 22.3 Å². The van der Waals surface area contributed by atoms with Gasteiger partial charge in [0.2, 0.25) is 0 Å². The van der Waals surface area contributed by atoms with Crippen LogP contribution in [0.5, 0.6) is 0 Å². The number of hydrogen-bond acceptors (Lipinski definition) is 5. The van der Waals surface area contributed by atoms with E-state index in [1.807, 2.05) is 13.8 Å². The van der Waals surface area contributed by atoms with Crippen molar-refractivity contribution in [3.05, 3.63) is 28.5 Å². The topological polar surface area (TPSA) is 104 Å². The fourth-order valence-electron chi connectivity index (χ4n) is 2.59. The van der Waals surface area contributed by atoms with Crippen molar-refractivity contribution in [2.75, 3.05) is 19.6 Å². The van der Waals surface area contributed by atoms with E-state index in [-0.39, 0.29) is 17.5 Å². The summed E-state index contributed by atoms with van der Waals surface area (Å²) in [6, 6.07) is 0.443. The largest absolute Gasteiger partial charge is 0.443 e. The van der Waals surface area contributed by atoms with E-state index in [4.69, 9.17) is 16.3 Å². The van der Waals surface area contributed by atoms with Gasteiger partial charge < -0.3 is 15.0 Å². The van der Waals surface area contributed by atoms with E-state index in [1.165, 1.54) is 6.20 Å². The SMILES string of the molecule is CCN(CC)C(=O)c1cnc([C@@H](C)NC(=O)N(CC)NC(=O)OC(C)(C)C)c(Cl)c1. The van der Waals surface area contributed by atoms with Crippen molar-refractivity contribution in [1.29, 1.82) is 0 Å². The molecule has 1 aromatic heterocycles. The fourth-order valence-corrected chi connectivity index (χ4v) is 2.92. The molecule has 168 valence electrons. The molecule has 0 radical (unpaired) electrons. The summed E-state index contributed by atoms with van der Waals surface area (Å²) in [5.41, 5.74) is 2.51. The molecule has 1 heterocycles. The minimum atomic E-state index is -0.734. The average Bonchev–Trinajstić information content (AvgIpc) is 2.65. The summed E-state index contributed by atoms with van der Waals surface area (Å²) >= 11 is 6.33. The number of nitrogens with one attached hydrogen (secondary N) is 2. The van der Waals surface area contributed by atoms with Crippen LogP contribution in [0.2, 0.25) is 5.02 Å². The zero-order valence-corrected chi connectivity index (χ0v) is 19.5. The van der Waals surface area contributed by atoms with Gasteiger partial charge in [0.1, 0.15) is 5.60 Å². The van der Waals surface area contributed by atoms with Crippen molar-refractivity contribution in [3.63, 3.8) is 0 Å². The third-order valence-corrected chi connectivity index (χ3v) is 4.41. The van der Waals surface area contributed by atoms with Crippen molar-refractivity contribution < 1.29 is 19.1 Å². The molecule has 0 aliphatic heterocycles. The number of halogens is 1. The number of pyridine rings is 1. The molecule has 0 fully saturated rings. The third kappa shape index (κ3) is 7.37. The summed E-state index contributed by atoms with van der Waals surface area (Å²) in [6.07, 6.45) is 0.712. The van der Waals surface area contributed by atoms with Gasteiger partial charge in [0, 0.05) is 25.8 Å². The number of urea groups is 1. The van der Waals surface area contributed by atoms with Crippen LogP contribution in [-0.4, -0.2) is 58.2 Å². The quantitative estimate of drug-likeness (QED) is 0.654. The van der Waals surface area contributed by atoms with Crippen LogP contribution in [0.4, 0.5) is 9.59 Å². The number of hydrogen-bond donors (Lipinski definition) is 2. The zero-order chi connectivity index (χ0) is 23.1. The molecule has 0 spiro atoms. The van der Waals surface area contributed by atoms with Gasteiger partial charge in [-0.3, -0.25) is 9.78 Å². The fraction of sp³-hybridized carbons (Fsp3) is 0.600. The maximum atomic E-state index is 12.5. The van der Waals surface area contributed by atoms with Gasteiger partial charge in [0.15, 0.2) is 0 Å². The Hall–Kier alpha value is -2.55. The molecule has 0 saturated heterocycles. The van der Waals surface area contributed by atoms with Crippen LogP contribution in [0.3, 0.4) is 0 Å². The van der Waals surface area contributed by atoms with Gasteiger partial charge in [-0.15, -0.1) is 0 Å². The highest BCUT2D eigenvalue weighted by Crippen LogP contribution is 2.22. The number of ether oxygens (including phenoxy) is 1. The third-order valence-electron chi connectivity index (χ3n) is 4.10. The molecular weight excluding hydrogens is 410 g/mol. The van der Waals surface area contributed by atoms with E-state index in [2.05, 4.69) is 15.7 Å². The average molecular weight is 442 g/mol. The standard InChI is InChI=1S/C20H32ClN5O4/c1-8-25(9-2)17(27)14-11-15(21)16(22-12-14)13(4)23-18(28)26(10-3)24-19(29)30-20(5,6)7/h11-13H,8-10H2,1-7H3,(H,23,28)(H,24,29)/t13-/m1/s1. The van der Waals surface area contributed by atoms with E-state index in [0.717, 1.165) is 5.01 Å². The van der Waals surface area contributed by atoms with Crippen LogP contribution in [0.25, 0.3) is 0 Å². The van der Waals surface area contributed by atoms with Gasteiger partial charge in [-0.1, -0.05) is 11.6 Å². The highest BCUT2D eigenvalue weighted by molar-refractivity contribution is 6.31. The Labute approximate surface area is 183 Å². The van der Waals surface area contributed by atoms with E-state index >= 15 is 0 Å². The van der Waals surface area contributed by atoms with E-state index in [9.17, 15) is 14.4 Å². The number of hydrazine groups is 1. The second kappa shape index (κ2) is 11.0. The molecule has 9 nitrogen and oxygen atoms in total. The summed E-state index contributed by atoms with van der Waals surface area (Å²) in [5.74, 6) is -0.156. The minimum absolute atomic E-state index is 0.156. The monoisotopic (exact) mass is 441 g/mol. The second-order valence-electron chi connectivity index (χ2n) is 7.60. The second-order valence-corrected chi connectivity index (χ2v) is 8.00. The number of amides is 4. The van der Waals surface area contributed by atoms with Crippen LogP contribution >= 0.6 is 11.6 Å². The van der Waals surface area contributed by atoms with Crippen LogP contribution in [0.1, 0.15) is 70.6 Å². The first-order valence-corrected chi connectivity index (χ1v) is 10.3. The lowest BCUT2D eigenvalue weighted by molar-refractivity contribution is 0.0381. The van der Waals surface area contributed by atoms with Crippen LogP contribution in [0.15, 0.2) is 12.3 Å². The first-order valence-electron chi connectivity index (χ1n) is 9.95. The molecule has 0 aliphatic carbocycles. The predicted molar refractivity (Wildman–Crippen MR) is 115 cm³/mol. The molecule has 1 aromatic rings. The van der Waals surface area contributed by atoms with Crippen LogP contribution in [-0.2, 0) is 4.74 Å². The molecule has 30 heavy (non-hydrogen) atoms. The Morgan fingerprint density at radius 3 is 2.23 bits per heavy atom. The van der Waals surface area contributed by atoms with E-state index in [0.29, 0.717) is 24.3 Å². The molecule has 4 amide bonds. The summed E-state index contributed by atoms with van der Waals surface area (Å²) in [7, 11) is 0.